The molecule has 0 aromatic carbocycles. The molecule has 23 heavy (non-hydrogen) atoms. The number of aromatic nitrogens is 3. The van der Waals surface area contributed by atoms with Crippen LogP contribution in [0.1, 0.15) is 12.0 Å². The summed E-state index contributed by atoms with van der Waals surface area (Å²) in [7, 11) is 0. The molecule has 0 aliphatic carbocycles. The van der Waals surface area contributed by atoms with Crippen molar-refractivity contribution in [2.75, 3.05) is 39.3 Å². The maximum absolute atomic E-state index is 4.25. The first-order valence-corrected chi connectivity index (χ1v) is 8.50. The highest BCUT2D eigenvalue weighted by Gasteiger charge is 2.28. The quantitative estimate of drug-likeness (QED) is 0.880. The van der Waals surface area contributed by atoms with E-state index < -0.39 is 0 Å². The van der Waals surface area contributed by atoms with Gasteiger partial charge in [-0.3, -0.25) is 19.9 Å². The summed E-state index contributed by atoms with van der Waals surface area (Å²) in [5, 5.41) is 10.8. The van der Waals surface area contributed by atoms with E-state index in [1.165, 1.54) is 31.6 Å². The molecule has 1 unspecified atom stereocenters. The smallest absolute Gasteiger partial charge is 0.0710 e. The molecule has 2 aliphatic heterocycles. The van der Waals surface area contributed by atoms with Gasteiger partial charge in [-0.15, -0.1) is 0 Å². The van der Waals surface area contributed by atoms with E-state index in [1.54, 1.807) is 6.20 Å². The molecule has 1 atom stereocenters. The monoisotopic (exact) mass is 312 g/mol. The molecular weight excluding hydrogens is 288 g/mol. The van der Waals surface area contributed by atoms with Crippen LogP contribution in [0.15, 0.2) is 30.7 Å². The van der Waals surface area contributed by atoms with Crippen molar-refractivity contribution in [3.63, 3.8) is 0 Å². The number of nitrogens with one attached hydrogen (secondary N) is 2. The summed E-state index contributed by atoms with van der Waals surface area (Å²) in [5.41, 5.74) is 3.47. The van der Waals surface area contributed by atoms with Crippen molar-refractivity contribution in [1.82, 2.24) is 30.3 Å². The van der Waals surface area contributed by atoms with Crippen LogP contribution in [0.4, 0.5) is 0 Å². The van der Waals surface area contributed by atoms with Gasteiger partial charge in [-0.1, -0.05) is 0 Å². The highest BCUT2D eigenvalue weighted by Crippen LogP contribution is 2.24. The van der Waals surface area contributed by atoms with E-state index in [1.807, 2.05) is 18.5 Å². The van der Waals surface area contributed by atoms with E-state index in [0.29, 0.717) is 6.04 Å². The number of nitrogens with zero attached hydrogens (tertiary/aromatic N) is 4. The zero-order valence-electron chi connectivity index (χ0n) is 13.4. The van der Waals surface area contributed by atoms with E-state index in [2.05, 4.69) is 36.4 Å². The predicted molar refractivity (Wildman–Crippen MR) is 89.9 cm³/mol. The fraction of sp³-hybridized carbons (Fsp3) is 0.529. The molecule has 4 rings (SSSR count). The van der Waals surface area contributed by atoms with E-state index in [9.17, 15) is 0 Å². The highest BCUT2D eigenvalue weighted by atomic mass is 15.3. The van der Waals surface area contributed by atoms with Crippen LogP contribution in [0, 0.1) is 0 Å². The fourth-order valence-corrected chi connectivity index (χ4v) is 3.73. The standard InChI is InChI=1S/C17H24N6/c1-2-14(10-19-4-1)17-15(11-20-21-17)12-22-7-3-16(13-22)23-8-5-18-6-9-23/h1-2,4,10-11,16,18H,3,5-9,12-13H2,(H,20,21). The van der Waals surface area contributed by atoms with Crippen molar-refractivity contribution in [3.05, 3.63) is 36.3 Å². The van der Waals surface area contributed by atoms with Gasteiger partial charge < -0.3 is 5.32 Å². The third kappa shape index (κ3) is 3.29. The first-order valence-electron chi connectivity index (χ1n) is 8.50. The number of hydrogen-bond acceptors (Lipinski definition) is 5. The minimum Gasteiger partial charge on any atom is -0.314 e. The van der Waals surface area contributed by atoms with Crippen molar-refractivity contribution < 1.29 is 0 Å². The molecule has 2 N–H and O–H groups in total. The molecule has 0 amide bonds. The van der Waals surface area contributed by atoms with Crippen LogP contribution >= 0.6 is 0 Å². The summed E-state index contributed by atoms with van der Waals surface area (Å²) in [5.74, 6) is 0. The van der Waals surface area contributed by atoms with Gasteiger partial charge in [0.1, 0.15) is 0 Å². The second-order valence-electron chi connectivity index (χ2n) is 6.48. The average Bonchev–Trinajstić information content (AvgIpc) is 3.26. The molecule has 2 aromatic heterocycles. The zero-order chi connectivity index (χ0) is 15.5. The summed E-state index contributed by atoms with van der Waals surface area (Å²) in [6.45, 7) is 7.93. The predicted octanol–water partition coefficient (Wildman–Crippen LogP) is 0.951. The Morgan fingerprint density at radius 3 is 2.91 bits per heavy atom. The van der Waals surface area contributed by atoms with Gasteiger partial charge in [0.15, 0.2) is 0 Å². The molecule has 6 heteroatoms. The van der Waals surface area contributed by atoms with Crippen LogP contribution in [-0.4, -0.2) is 70.3 Å². The lowest BCUT2D eigenvalue weighted by atomic mass is 10.1. The Kier molecular flexibility index (Phi) is 4.37. The molecule has 0 radical (unpaired) electrons. The minimum absolute atomic E-state index is 0.714. The van der Waals surface area contributed by atoms with E-state index in [-0.39, 0.29) is 0 Å². The molecule has 0 bridgehead atoms. The molecule has 2 fully saturated rings. The molecule has 2 saturated heterocycles. The van der Waals surface area contributed by atoms with E-state index in [4.69, 9.17) is 0 Å². The zero-order valence-corrected chi connectivity index (χ0v) is 13.4. The van der Waals surface area contributed by atoms with E-state index >= 15 is 0 Å². The van der Waals surface area contributed by atoms with Crippen molar-refractivity contribution in [1.29, 1.82) is 0 Å². The first-order chi connectivity index (χ1) is 11.4. The highest BCUT2D eigenvalue weighted by molar-refractivity contribution is 5.61. The van der Waals surface area contributed by atoms with Gasteiger partial charge in [-0.05, 0) is 18.6 Å². The van der Waals surface area contributed by atoms with Gasteiger partial charge in [0.2, 0.25) is 0 Å². The van der Waals surface area contributed by atoms with Gasteiger partial charge in [0, 0.05) is 75.4 Å². The van der Waals surface area contributed by atoms with Gasteiger partial charge in [-0.25, -0.2) is 0 Å². The molecule has 2 aromatic rings. The third-order valence-corrected chi connectivity index (χ3v) is 4.98. The van der Waals surface area contributed by atoms with Crippen molar-refractivity contribution in [2.24, 2.45) is 0 Å². The Bertz CT molecular complexity index is 619. The van der Waals surface area contributed by atoms with Gasteiger partial charge in [-0.2, -0.15) is 5.10 Å². The summed E-state index contributed by atoms with van der Waals surface area (Å²) in [4.78, 5) is 9.41. The Morgan fingerprint density at radius 1 is 1.17 bits per heavy atom. The van der Waals surface area contributed by atoms with Crippen molar-refractivity contribution >= 4 is 0 Å². The average molecular weight is 312 g/mol. The maximum atomic E-state index is 4.25. The number of piperazine rings is 1. The molecule has 6 nitrogen and oxygen atoms in total. The van der Waals surface area contributed by atoms with Crippen LogP contribution in [-0.2, 0) is 6.54 Å². The molecule has 122 valence electrons. The Morgan fingerprint density at radius 2 is 2.09 bits per heavy atom. The second-order valence-corrected chi connectivity index (χ2v) is 6.48. The number of hydrogen-bond donors (Lipinski definition) is 2. The van der Waals surface area contributed by atoms with Gasteiger partial charge >= 0.3 is 0 Å². The number of rotatable bonds is 4. The normalized spacial score (nSPS) is 23.4. The summed E-state index contributed by atoms with van der Waals surface area (Å²) >= 11 is 0. The molecule has 0 spiro atoms. The number of likely N-dealkylation sites (tertiary alicyclic amines) is 1. The molecule has 2 aliphatic rings. The fourth-order valence-electron chi connectivity index (χ4n) is 3.73. The summed E-state index contributed by atoms with van der Waals surface area (Å²) in [6, 6.07) is 4.76. The topological polar surface area (TPSA) is 60.1 Å². The third-order valence-electron chi connectivity index (χ3n) is 4.98. The van der Waals surface area contributed by atoms with Crippen molar-refractivity contribution in [3.8, 4) is 11.3 Å². The Labute approximate surface area is 136 Å². The van der Waals surface area contributed by atoms with Crippen LogP contribution < -0.4 is 5.32 Å². The second kappa shape index (κ2) is 6.78. The first kappa shape index (κ1) is 14.8. The van der Waals surface area contributed by atoms with Crippen LogP contribution in [0.5, 0.6) is 0 Å². The van der Waals surface area contributed by atoms with Crippen molar-refractivity contribution in [2.45, 2.75) is 19.0 Å². The van der Waals surface area contributed by atoms with Gasteiger partial charge in [0.05, 0.1) is 11.9 Å². The maximum Gasteiger partial charge on any atom is 0.0710 e. The molecule has 4 heterocycles. The van der Waals surface area contributed by atoms with E-state index in [0.717, 1.165) is 37.4 Å². The lowest BCUT2D eigenvalue weighted by Crippen LogP contribution is -2.49. The largest absolute Gasteiger partial charge is 0.314 e. The summed E-state index contributed by atoms with van der Waals surface area (Å²) in [6.07, 6.45) is 6.93. The van der Waals surface area contributed by atoms with Gasteiger partial charge in [0.25, 0.3) is 0 Å². The number of aromatic amines is 1. The van der Waals surface area contributed by atoms with Crippen LogP contribution in [0.25, 0.3) is 11.3 Å². The summed E-state index contributed by atoms with van der Waals surface area (Å²) < 4.78 is 0. The lowest BCUT2D eigenvalue weighted by Gasteiger charge is -2.32. The number of H-pyrrole nitrogens is 1. The van der Waals surface area contributed by atoms with Crippen LogP contribution in [0.3, 0.4) is 0 Å². The Balaban J connectivity index is 1.41. The molecular formula is C17H24N6. The van der Waals surface area contributed by atoms with Crippen LogP contribution in [0.2, 0.25) is 0 Å². The lowest BCUT2D eigenvalue weighted by molar-refractivity contribution is 0.170. The SMILES string of the molecule is c1cncc(-c2[nH]ncc2CN2CCC(N3CCNCC3)C2)c1. The Hall–Kier alpha value is -1.76. The molecule has 0 saturated carbocycles. The number of pyridine rings is 1. The minimum atomic E-state index is 0.714.